The molecule has 45 heavy (non-hydrogen) atoms. The van der Waals surface area contributed by atoms with E-state index in [-0.39, 0.29) is 18.8 Å². The molecule has 0 aliphatic carbocycles. The monoisotopic (exact) mass is 626 g/mol. The summed E-state index contributed by atoms with van der Waals surface area (Å²) in [6.45, 7) is 12.1. The van der Waals surface area contributed by atoms with E-state index in [1.54, 1.807) is 97.5 Å². The highest BCUT2D eigenvalue weighted by atomic mass is 16.6. The second-order valence-electron chi connectivity index (χ2n) is 12.4. The van der Waals surface area contributed by atoms with E-state index < -0.39 is 65.5 Å². The minimum Gasteiger partial charge on any atom is -0.467 e. The van der Waals surface area contributed by atoms with Gasteiger partial charge in [0.1, 0.15) is 29.8 Å². The van der Waals surface area contributed by atoms with Crippen LogP contribution >= 0.6 is 0 Å². The second kappa shape index (κ2) is 17.1. The quantitative estimate of drug-likeness (QED) is 0.229. The number of hydrogen-bond donors (Lipinski definition) is 4. The van der Waals surface area contributed by atoms with Crippen molar-refractivity contribution in [1.29, 1.82) is 0 Å². The van der Waals surface area contributed by atoms with Crippen LogP contribution in [0.5, 0.6) is 0 Å². The standard InChI is InChI=1S/C32H46N6O7/c1-19(2)25(37-28(40)24(16-22-12-10-14-34-18-22)36-31(43)45-32(5,6)7)29(41)35-23(15-21-11-9-13-33-17-21)27(39)38-26(20(3)4)30(42)44-8/h9-14,17-20,23-26H,15-16H2,1-8H3,(H,35,41)(H,36,43)(H,37,40)(H,38,39)/t23-,24-,25-,26-/m0/s1. The fourth-order valence-corrected chi connectivity index (χ4v) is 4.31. The fraction of sp³-hybridized carbons (Fsp3) is 0.531. The first-order chi connectivity index (χ1) is 21.1. The number of hydrogen-bond acceptors (Lipinski definition) is 9. The van der Waals surface area contributed by atoms with Gasteiger partial charge in [-0.05, 0) is 55.9 Å². The van der Waals surface area contributed by atoms with Gasteiger partial charge in [-0.1, -0.05) is 39.8 Å². The lowest BCUT2D eigenvalue weighted by molar-refractivity contribution is -0.146. The van der Waals surface area contributed by atoms with Crippen LogP contribution in [-0.2, 0) is 41.5 Å². The summed E-state index contributed by atoms with van der Waals surface area (Å²) in [5.41, 5.74) is 0.546. The average molecular weight is 627 g/mol. The highest BCUT2D eigenvalue weighted by Crippen LogP contribution is 2.11. The molecule has 0 aromatic carbocycles. The molecular weight excluding hydrogens is 580 g/mol. The molecule has 2 aromatic rings. The Balaban J connectivity index is 2.31. The van der Waals surface area contributed by atoms with Crippen LogP contribution in [0.25, 0.3) is 0 Å². The molecule has 0 unspecified atom stereocenters. The van der Waals surface area contributed by atoms with Crippen molar-refractivity contribution in [2.75, 3.05) is 7.11 Å². The summed E-state index contributed by atoms with van der Waals surface area (Å²) in [7, 11) is 1.23. The summed E-state index contributed by atoms with van der Waals surface area (Å²) in [6.07, 6.45) is 5.67. The SMILES string of the molecule is COC(=O)[C@@H](NC(=O)[C@H](Cc1cccnc1)NC(=O)[C@@H](NC(=O)[C@H](Cc1cccnc1)NC(=O)OC(C)(C)C)C(C)C)C(C)C. The van der Waals surface area contributed by atoms with E-state index in [0.29, 0.717) is 11.1 Å². The molecule has 0 bridgehead atoms. The summed E-state index contributed by atoms with van der Waals surface area (Å²) < 4.78 is 10.2. The summed E-state index contributed by atoms with van der Waals surface area (Å²) in [4.78, 5) is 73.9. The summed E-state index contributed by atoms with van der Waals surface area (Å²) >= 11 is 0. The molecule has 4 amide bonds. The molecule has 0 radical (unpaired) electrons. The number of carbonyl (C=O) groups excluding carboxylic acids is 5. The smallest absolute Gasteiger partial charge is 0.408 e. The Morgan fingerprint density at radius 3 is 1.58 bits per heavy atom. The van der Waals surface area contributed by atoms with Crippen molar-refractivity contribution in [3.05, 3.63) is 60.2 Å². The highest BCUT2D eigenvalue weighted by Gasteiger charge is 2.34. The van der Waals surface area contributed by atoms with Crippen molar-refractivity contribution in [2.45, 2.75) is 91.1 Å². The van der Waals surface area contributed by atoms with Crippen LogP contribution in [0.3, 0.4) is 0 Å². The van der Waals surface area contributed by atoms with Crippen molar-refractivity contribution >= 4 is 29.8 Å². The molecule has 0 aliphatic rings. The predicted octanol–water partition coefficient (Wildman–Crippen LogP) is 2.09. The lowest BCUT2D eigenvalue weighted by Crippen LogP contribution is -2.60. The van der Waals surface area contributed by atoms with E-state index in [1.165, 1.54) is 7.11 Å². The highest BCUT2D eigenvalue weighted by molar-refractivity contribution is 5.95. The molecule has 0 spiro atoms. The minimum atomic E-state index is -1.11. The normalized spacial score (nSPS) is 14.0. The van der Waals surface area contributed by atoms with Crippen LogP contribution < -0.4 is 21.3 Å². The number of esters is 1. The number of carbonyl (C=O) groups is 5. The maximum atomic E-state index is 13.7. The molecule has 13 heteroatoms. The van der Waals surface area contributed by atoms with Crippen molar-refractivity contribution < 1.29 is 33.4 Å². The van der Waals surface area contributed by atoms with Crippen LogP contribution in [0.1, 0.15) is 59.6 Å². The number of aromatic nitrogens is 2. The van der Waals surface area contributed by atoms with Crippen LogP contribution in [0.15, 0.2) is 49.1 Å². The molecule has 0 saturated heterocycles. The molecule has 13 nitrogen and oxygen atoms in total. The Kier molecular flexibility index (Phi) is 13.9. The van der Waals surface area contributed by atoms with Crippen molar-refractivity contribution in [3.8, 4) is 0 Å². The number of methoxy groups -OCH3 is 1. The van der Waals surface area contributed by atoms with E-state index in [0.717, 1.165) is 0 Å². The Labute approximate surface area is 264 Å². The first-order valence-electron chi connectivity index (χ1n) is 14.9. The lowest BCUT2D eigenvalue weighted by Gasteiger charge is -2.29. The number of nitrogens with one attached hydrogen (secondary N) is 4. The van der Waals surface area contributed by atoms with E-state index in [2.05, 4.69) is 31.2 Å². The Bertz CT molecular complexity index is 1280. The lowest BCUT2D eigenvalue weighted by atomic mass is 9.99. The Hall–Kier alpha value is -4.55. The molecule has 0 saturated carbocycles. The van der Waals surface area contributed by atoms with Gasteiger partial charge in [0.25, 0.3) is 0 Å². The van der Waals surface area contributed by atoms with Gasteiger partial charge in [-0.25, -0.2) is 9.59 Å². The average Bonchev–Trinajstić information content (AvgIpc) is 2.97. The van der Waals surface area contributed by atoms with Gasteiger partial charge in [0, 0.05) is 37.6 Å². The maximum absolute atomic E-state index is 13.7. The zero-order valence-electron chi connectivity index (χ0n) is 27.2. The van der Waals surface area contributed by atoms with Crippen LogP contribution in [0.2, 0.25) is 0 Å². The maximum Gasteiger partial charge on any atom is 0.408 e. The van der Waals surface area contributed by atoms with Crippen molar-refractivity contribution in [1.82, 2.24) is 31.2 Å². The van der Waals surface area contributed by atoms with Crippen LogP contribution in [0.4, 0.5) is 4.79 Å². The summed E-state index contributed by atoms with van der Waals surface area (Å²) in [6, 6.07) is 2.69. The first kappa shape index (κ1) is 36.6. The number of pyridine rings is 2. The molecule has 2 rings (SSSR count). The van der Waals surface area contributed by atoms with Crippen molar-refractivity contribution in [2.24, 2.45) is 11.8 Å². The second-order valence-corrected chi connectivity index (χ2v) is 12.4. The number of ether oxygens (including phenoxy) is 2. The number of amides is 4. The van der Waals surface area contributed by atoms with E-state index in [9.17, 15) is 24.0 Å². The molecular formula is C32H46N6O7. The van der Waals surface area contributed by atoms with Gasteiger partial charge in [-0.2, -0.15) is 0 Å². The summed E-state index contributed by atoms with van der Waals surface area (Å²) in [5.74, 6) is -3.17. The molecule has 4 N–H and O–H groups in total. The topological polar surface area (TPSA) is 178 Å². The molecule has 2 heterocycles. The number of alkyl carbamates (subject to hydrolysis) is 1. The third kappa shape index (κ3) is 12.5. The molecule has 0 fully saturated rings. The Morgan fingerprint density at radius 2 is 1.18 bits per heavy atom. The van der Waals surface area contributed by atoms with E-state index in [1.807, 2.05) is 0 Å². The zero-order chi connectivity index (χ0) is 33.7. The molecule has 246 valence electrons. The van der Waals surface area contributed by atoms with Gasteiger partial charge in [-0.3, -0.25) is 24.4 Å². The first-order valence-corrected chi connectivity index (χ1v) is 14.9. The third-order valence-corrected chi connectivity index (χ3v) is 6.63. The molecule has 4 atom stereocenters. The van der Waals surface area contributed by atoms with Gasteiger partial charge in [0.15, 0.2) is 0 Å². The zero-order valence-corrected chi connectivity index (χ0v) is 27.2. The Morgan fingerprint density at radius 1 is 0.711 bits per heavy atom. The fourth-order valence-electron chi connectivity index (χ4n) is 4.31. The summed E-state index contributed by atoms with van der Waals surface area (Å²) in [5, 5.41) is 10.8. The van der Waals surface area contributed by atoms with Crippen LogP contribution in [-0.4, -0.2) is 76.6 Å². The largest absolute Gasteiger partial charge is 0.467 e. The van der Waals surface area contributed by atoms with Gasteiger partial charge in [0.2, 0.25) is 17.7 Å². The van der Waals surface area contributed by atoms with Crippen molar-refractivity contribution in [3.63, 3.8) is 0 Å². The number of nitrogens with zero attached hydrogens (tertiary/aromatic N) is 2. The van der Waals surface area contributed by atoms with Crippen LogP contribution in [0, 0.1) is 11.8 Å². The number of rotatable bonds is 14. The van der Waals surface area contributed by atoms with Gasteiger partial charge < -0.3 is 30.7 Å². The van der Waals surface area contributed by atoms with E-state index >= 15 is 0 Å². The minimum absolute atomic E-state index is 0.0694. The molecule has 0 aliphatic heterocycles. The third-order valence-electron chi connectivity index (χ3n) is 6.63. The molecule has 2 aromatic heterocycles. The van der Waals surface area contributed by atoms with Gasteiger partial charge >= 0.3 is 12.1 Å². The van der Waals surface area contributed by atoms with Gasteiger partial charge in [0.05, 0.1) is 7.11 Å². The predicted molar refractivity (Wildman–Crippen MR) is 167 cm³/mol. The van der Waals surface area contributed by atoms with Gasteiger partial charge in [-0.15, -0.1) is 0 Å². The van der Waals surface area contributed by atoms with E-state index in [4.69, 9.17) is 9.47 Å².